The minimum atomic E-state index is -0.426. The lowest BCUT2D eigenvalue weighted by atomic mass is 10.2. The normalized spacial score (nSPS) is 22.8. The van der Waals surface area contributed by atoms with Crippen LogP contribution in [0, 0.1) is 6.92 Å². The van der Waals surface area contributed by atoms with Gasteiger partial charge in [-0.2, -0.15) is 0 Å². The van der Waals surface area contributed by atoms with E-state index in [0.717, 1.165) is 18.4 Å². The molecule has 1 aromatic carbocycles. The maximum atomic E-state index is 12.2. The third-order valence-electron chi connectivity index (χ3n) is 4.31. The first-order chi connectivity index (χ1) is 11.5. The van der Waals surface area contributed by atoms with Crippen molar-refractivity contribution in [2.75, 3.05) is 5.32 Å². The van der Waals surface area contributed by atoms with Crippen molar-refractivity contribution in [2.45, 2.75) is 50.3 Å². The summed E-state index contributed by atoms with van der Waals surface area (Å²) in [6, 6.07) is 5.68. The van der Waals surface area contributed by atoms with Crippen molar-refractivity contribution in [1.29, 1.82) is 0 Å². The maximum Gasteiger partial charge on any atom is 0.240 e. The summed E-state index contributed by atoms with van der Waals surface area (Å²) in [5, 5.41) is 6.46. The van der Waals surface area contributed by atoms with Gasteiger partial charge in [0.1, 0.15) is 5.25 Å². The molecule has 0 radical (unpaired) electrons. The monoisotopic (exact) mass is 365 g/mol. The molecule has 2 N–H and O–H groups in total. The molecule has 0 aromatic heterocycles. The number of hydrogen-bond acceptors (Lipinski definition) is 4. The summed E-state index contributed by atoms with van der Waals surface area (Å²) in [5.74, 6) is -0.343. The van der Waals surface area contributed by atoms with E-state index in [0.29, 0.717) is 21.9 Å². The maximum absolute atomic E-state index is 12.2. The second-order valence-corrected chi connectivity index (χ2v) is 7.73. The largest absolute Gasteiger partial charge is 0.326 e. The summed E-state index contributed by atoms with van der Waals surface area (Å²) in [5.41, 5.74) is 1.50. The molecule has 1 aromatic rings. The summed E-state index contributed by atoms with van der Waals surface area (Å²) in [7, 11) is 0. The molecule has 1 aliphatic carbocycles. The number of thioether (sulfide) groups is 1. The Balaban J connectivity index is 1.58. The van der Waals surface area contributed by atoms with Gasteiger partial charge < -0.3 is 10.6 Å². The summed E-state index contributed by atoms with van der Waals surface area (Å²) in [6.07, 6.45) is 4.68. The first-order valence-electron chi connectivity index (χ1n) is 8.13. The van der Waals surface area contributed by atoms with Crippen LogP contribution in [0.1, 0.15) is 37.7 Å². The average molecular weight is 366 g/mol. The Labute approximate surface area is 150 Å². The van der Waals surface area contributed by atoms with Crippen LogP contribution in [0.5, 0.6) is 0 Å². The Kier molecular flexibility index (Phi) is 5.46. The number of aliphatic imine (C=N–C) groups is 1. The van der Waals surface area contributed by atoms with Crippen LogP contribution in [0.3, 0.4) is 0 Å². The van der Waals surface area contributed by atoms with E-state index in [4.69, 9.17) is 11.6 Å². The highest BCUT2D eigenvalue weighted by molar-refractivity contribution is 8.15. The highest BCUT2D eigenvalue weighted by Crippen LogP contribution is 2.28. The minimum Gasteiger partial charge on any atom is -0.326 e. The van der Waals surface area contributed by atoms with Crippen LogP contribution in [-0.4, -0.2) is 28.3 Å². The zero-order valence-electron chi connectivity index (χ0n) is 13.5. The predicted octanol–water partition coefficient (Wildman–Crippen LogP) is 3.51. The highest BCUT2D eigenvalue weighted by atomic mass is 35.5. The van der Waals surface area contributed by atoms with Crippen molar-refractivity contribution in [1.82, 2.24) is 5.32 Å². The fourth-order valence-corrected chi connectivity index (χ4v) is 4.13. The van der Waals surface area contributed by atoms with E-state index in [1.807, 2.05) is 6.92 Å². The van der Waals surface area contributed by atoms with Crippen molar-refractivity contribution in [3.63, 3.8) is 0 Å². The van der Waals surface area contributed by atoms with E-state index < -0.39 is 5.25 Å². The first-order valence-corrected chi connectivity index (χ1v) is 9.39. The van der Waals surface area contributed by atoms with Crippen molar-refractivity contribution in [2.24, 2.45) is 4.99 Å². The molecule has 0 bridgehead atoms. The van der Waals surface area contributed by atoms with Crippen molar-refractivity contribution in [3.8, 4) is 0 Å². The number of anilines is 1. The summed E-state index contributed by atoms with van der Waals surface area (Å²) >= 11 is 7.41. The molecule has 2 amide bonds. The molecule has 1 saturated heterocycles. The number of amidine groups is 1. The van der Waals surface area contributed by atoms with Crippen LogP contribution in [0.2, 0.25) is 5.02 Å². The molecule has 5 nitrogen and oxygen atoms in total. The van der Waals surface area contributed by atoms with Crippen LogP contribution in [-0.2, 0) is 9.59 Å². The Morgan fingerprint density at radius 1 is 1.42 bits per heavy atom. The summed E-state index contributed by atoms with van der Waals surface area (Å²) in [6.45, 7) is 1.85. The molecule has 2 aliphatic rings. The number of benzene rings is 1. The van der Waals surface area contributed by atoms with Crippen molar-refractivity contribution >= 4 is 46.0 Å². The number of amides is 2. The Hall–Kier alpha value is -1.53. The fourth-order valence-electron chi connectivity index (χ4n) is 2.91. The second-order valence-electron chi connectivity index (χ2n) is 6.13. The van der Waals surface area contributed by atoms with Gasteiger partial charge in [0, 0.05) is 17.1 Å². The van der Waals surface area contributed by atoms with Gasteiger partial charge in [0.05, 0.1) is 6.04 Å². The van der Waals surface area contributed by atoms with Crippen LogP contribution in [0.25, 0.3) is 0 Å². The van der Waals surface area contributed by atoms with Crippen LogP contribution in [0.4, 0.5) is 5.69 Å². The van der Waals surface area contributed by atoms with Crippen LogP contribution >= 0.6 is 23.4 Å². The Bertz CT molecular complexity index is 686. The number of nitrogens with one attached hydrogen (secondary N) is 2. The SMILES string of the molecule is Cc1c(Cl)cccc1NC(=O)CC1SC(=NC2CCCC2)NC1=O. The smallest absolute Gasteiger partial charge is 0.240 e. The van der Waals surface area contributed by atoms with Gasteiger partial charge in [-0.05, 0) is 37.5 Å². The number of rotatable bonds is 4. The average Bonchev–Trinajstić information content (AvgIpc) is 3.15. The lowest BCUT2D eigenvalue weighted by molar-refractivity contribution is -0.122. The number of hydrogen-bond donors (Lipinski definition) is 2. The fraction of sp³-hybridized carbons (Fsp3) is 0.471. The Morgan fingerprint density at radius 3 is 2.92 bits per heavy atom. The summed E-state index contributed by atoms with van der Waals surface area (Å²) < 4.78 is 0. The molecule has 7 heteroatoms. The molecule has 1 atom stereocenters. The molecule has 2 fully saturated rings. The zero-order valence-corrected chi connectivity index (χ0v) is 15.0. The van der Waals surface area contributed by atoms with Crippen LogP contribution in [0.15, 0.2) is 23.2 Å². The first kappa shape index (κ1) is 17.3. The molecule has 3 rings (SSSR count). The molecule has 1 unspecified atom stereocenters. The third-order valence-corrected chi connectivity index (χ3v) is 5.82. The minimum absolute atomic E-state index is 0.117. The number of halogens is 1. The Morgan fingerprint density at radius 2 is 2.17 bits per heavy atom. The molecule has 128 valence electrons. The van der Waals surface area contributed by atoms with E-state index in [-0.39, 0.29) is 18.2 Å². The van der Waals surface area contributed by atoms with Gasteiger partial charge in [-0.1, -0.05) is 42.3 Å². The molecule has 0 spiro atoms. The van der Waals surface area contributed by atoms with E-state index in [9.17, 15) is 9.59 Å². The molecule has 1 aliphatic heterocycles. The molecule has 24 heavy (non-hydrogen) atoms. The predicted molar refractivity (Wildman–Crippen MR) is 98.6 cm³/mol. The van der Waals surface area contributed by atoms with Gasteiger partial charge in [-0.3, -0.25) is 14.6 Å². The van der Waals surface area contributed by atoms with Gasteiger partial charge in [0.2, 0.25) is 11.8 Å². The van der Waals surface area contributed by atoms with Crippen molar-refractivity contribution in [3.05, 3.63) is 28.8 Å². The zero-order chi connectivity index (χ0) is 17.1. The lowest BCUT2D eigenvalue weighted by Crippen LogP contribution is -2.28. The lowest BCUT2D eigenvalue weighted by Gasteiger charge is -2.10. The van der Waals surface area contributed by atoms with E-state index >= 15 is 0 Å². The van der Waals surface area contributed by atoms with Gasteiger partial charge in [-0.15, -0.1) is 0 Å². The van der Waals surface area contributed by atoms with Gasteiger partial charge in [-0.25, -0.2) is 0 Å². The number of nitrogens with zero attached hydrogens (tertiary/aromatic N) is 1. The number of carbonyl (C=O) groups excluding carboxylic acids is 2. The second kappa shape index (κ2) is 7.57. The van der Waals surface area contributed by atoms with Gasteiger partial charge >= 0.3 is 0 Å². The quantitative estimate of drug-likeness (QED) is 0.857. The molecule has 1 saturated carbocycles. The standard InChI is InChI=1S/C17H20ClN3O2S/c1-10-12(18)7-4-8-13(10)20-15(22)9-14-16(23)21-17(24-14)19-11-5-2-3-6-11/h4,7-8,11,14H,2-3,5-6,9H2,1H3,(H,20,22)(H,19,21,23). The molecule has 1 heterocycles. The highest BCUT2D eigenvalue weighted by Gasteiger charge is 2.32. The van der Waals surface area contributed by atoms with E-state index in [2.05, 4.69) is 15.6 Å². The van der Waals surface area contributed by atoms with E-state index in [1.165, 1.54) is 24.6 Å². The topological polar surface area (TPSA) is 70.6 Å². The number of carbonyl (C=O) groups is 2. The summed E-state index contributed by atoms with van der Waals surface area (Å²) in [4.78, 5) is 28.9. The molecular formula is C17H20ClN3O2S. The van der Waals surface area contributed by atoms with Crippen molar-refractivity contribution < 1.29 is 9.59 Å². The third kappa shape index (κ3) is 4.11. The van der Waals surface area contributed by atoms with E-state index in [1.54, 1.807) is 18.2 Å². The van der Waals surface area contributed by atoms with Gasteiger partial charge in [0.25, 0.3) is 0 Å². The van der Waals surface area contributed by atoms with Gasteiger partial charge in [0.15, 0.2) is 5.17 Å². The molecular weight excluding hydrogens is 346 g/mol. The van der Waals surface area contributed by atoms with Crippen LogP contribution < -0.4 is 10.6 Å².